The molecule has 0 spiro atoms. The maximum absolute atomic E-state index is 9.25. The molecule has 0 bridgehead atoms. The fourth-order valence-electron chi connectivity index (χ4n) is 1.95. The Labute approximate surface area is 129 Å². The molecule has 1 aromatic rings. The van der Waals surface area contributed by atoms with E-state index in [1.165, 1.54) is 0 Å². The Balaban J connectivity index is 2.67. The maximum atomic E-state index is 9.25. The van der Waals surface area contributed by atoms with Crippen molar-refractivity contribution in [3.8, 4) is 6.07 Å². The van der Waals surface area contributed by atoms with Gasteiger partial charge in [0.15, 0.2) is 0 Å². The fourth-order valence-corrected chi connectivity index (χ4v) is 3.52. The van der Waals surface area contributed by atoms with Gasteiger partial charge in [-0.05, 0) is 38.1 Å². The van der Waals surface area contributed by atoms with Crippen molar-refractivity contribution in [1.82, 2.24) is 5.32 Å². The lowest BCUT2D eigenvalue weighted by atomic mass is 9.98. The van der Waals surface area contributed by atoms with E-state index >= 15 is 0 Å². The van der Waals surface area contributed by atoms with Crippen LogP contribution in [0.5, 0.6) is 0 Å². The highest BCUT2D eigenvalue weighted by molar-refractivity contribution is 8.00. The number of nitrogens with one attached hydrogen (secondary N) is 1. The van der Waals surface area contributed by atoms with E-state index in [0.717, 1.165) is 17.9 Å². The van der Waals surface area contributed by atoms with Gasteiger partial charge in [-0.1, -0.05) is 37.0 Å². The molecule has 0 aromatic heterocycles. The van der Waals surface area contributed by atoms with Gasteiger partial charge in [-0.3, -0.25) is 5.32 Å². The number of nitriles is 1. The minimum absolute atomic E-state index is 0.306. The minimum atomic E-state index is -0.489. The van der Waals surface area contributed by atoms with E-state index in [1.807, 2.05) is 26.0 Å². The zero-order valence-electron chi connectivity index (χ0n) is 11.3. The smallest absolute Gasteiger partial charge is 0.104 e. The van der Waals surface area contributed by atoms with Gasteiger partial charge in [0.1, 0.15) is 5.54 Å². The zero-order valence-corrected chi connectivity index (χ0v) is 13.7. The van der Waals surface area contributed by atoms with Gasteiger partial charge < -0.3 is 0 Å². The monoisotopic (exact) mass is 316 g/mol. The third-order valence-corrected chi connectivity index (χ3v) is 4.57. The number of nitrogens with zero attached hydrogens (tertiary/aromatic N) is 1. The average Bonchev–Trinajstić information content (AvgIpc) is 2.34. The van der Waals surface area contributed by atoms with Crippen LogP contribution in [0.4, 0.5) is 0 Å². The van der Waals surface area contributed by atoms with E-state index in [-0.39, 0.29) is 0 Å². The van der Waals surface area contributed by atoms with Gasteiger partial charge >= 0.3 is 0 Å². The van der Waals surface area contributed by atoms with E-state index in [0.29, 0.717) is 15.3 Å². The summed E-state index contributed by atoms with van der Waals surface area (Å²) in [6, 6.07) is 7.96. The van der Waals surface area contributed by atoms with Crippen LogP contribution in [-0.2, 0) is 0 Å². The fraction of sp³-hybridized carbons (Fsp3) is 0.500. The average molecular weight is 317 g/mol. The van der Waals surface area contributed by atoms with Gasteiger partial charge in [-0.25, -0.2) is 0 Å². The first-order valence-corrected chi connectivity index (χ1v) is 7.81. The molecule has 0 saturated carbocycles. The molecule has 0 radical (unpaired) electrons. The largest absolute Gasteiger partial charge is 0.300 e. The van der Waals surface area contributed by atoms with Gasteiger partial charge in [0.25, 0.3) is 0 Å². The Morgan fingerprint density at radius 2 is 2.11 bits per heavy atom. The van der Waals surface area contributed by atoms with Crippen LogP contribution in [0, 0.1) is 11.3 Å². The first-order valence-electron chi connectivity index (χ1n) is 6.18. The van der Waals surface area contributed by atoms with Crippen molar-refractivity contribution >= 4 is 35.0 Å². The standard InChI is InChI=1S/C14H18Cl2N2S/c1-4-18-14(3,9-17)8-10(2)19-11-5-6-12(15)13(16)7-11/h5-7,10,18H,4,8H2,1-3H3. The summed E-state index contributed by atoms with van der Waals surface area (Å²) in [6.07, 6.45) is 0.766. The van der Waals surface area contributed by atoms with Crippen molar-refractivity contribution in [2.75, 3.05) is 6.54 Å². The first kappa shape index (κ1) is 16.7. The van der Waals surface area contributed by atoms with Crippen LogP contribution >= 0.6 is 35.0 Å². The molecule has 104 valence electrons. The molecule has 2 atom stereocenters. The second-order valence-electron chi connectivity index (χ2n) is 4.68. The van der Waals surface area contributed by atoms with Gasteiger partial charge in [-0.15, -0.1) is 11.8 Å². The van der Waals surface area contributed by atoms with Crippen molar-refractivity contribution in [2.24, 2.45) is 0 Å². The molecule has 0 aliphatic rings. The maximum Gasteiger partial charge on any atom is 0.104 e. The van der Waals surface area contributed by atoms with Crippen molar-refractivity contribution in [1.29, 1.82) is 5.26 Å². The summed E-state index contributed by atoms with van der Waals surface area (Å²) >= 11 is 13.6. The summed E-state index contributed by atoms with van der Waals surface area (Å²) < 4.78 is 0. The molecule has 1 rings (SSSR count). The van der Waals surface area contributed by atoms with Crippen molar-refractivity contribution in [3.05, 3.63) is 28.2 Å². The van der Waals surface area contributed by atoms with E-state index in [4.69, 9.17) is 23.2 Å². The quantitative estimate of drug-likeness (QED) is 0.769. The number of hydrogen-bond donors (Lipinski definition) is 1. The summed E-state index contributed by atoms with van der Waals surface area (Å²) in [7, 11) is 0. The number of benzene rings is 1. The van der Waals surface area contributed by atoms with Gasteiger partial charge in [0.05, 0.1) is 16.1 Å². The Morgan fingerprint density at radius 3 is 2.63 bits per heavy atom. The number of rotatable bonds is 6. The molecular weight excluding hydrogens is 299 g/mol. The van der Waals surface area contributed by atoms with Gasteiger partial charge in [-0.2, -0.15) is 5.26 Å². The van der Waals surface area contributed by atoms with Crippen LogP contribution < -0.4 is 5.32 Å². The highest BCUT2D eigenvalue weighted by Crippen LogP contribution is 2.32. The molecule has 0 heterocycles. The highest BCUT2D eigenvalue weighted by atomic mass is 35.5. The van der Waals surface area contributed by atoms with Crippen LogP contribution in [0.15, 0.2) is 23.1 Å². The van der Waals surface area contributed by atoms with Crippen LogP contribution in [0.25, 0.3) is 0 Å². The Hall–Kier alpha value is -0.400. The Kier molecular flexibility index (Phi) is 6.49. The summed E-state index contributed by atoms with van der Waals surface area (Å²) in [5.74, 6) is 0. The Bertz CT molecular complexity index is 473. The molecule has 1 N–H and O–H groups in total. The van der Waals surface area contributed by atoms with E-state index in [1.54, 1.807) is 17.8 Å². The lowest BCUT2D eigenvalue weighted by Gasteiger charge is -2.25. The van der Waals surface area contributed by atoms with E-state index in [2.05, 4.69) is 18.3 Å². The summed E-state index contributed by atoms with van der Waals surface area (Å²) in [5.41, 5.74) is -0.489. The molecule has 1 aromatic carbocycles. The van der Waals surface area contributed by atoms with Crippen LogP contribution in [0.1, 0.15) is 27.2 Å². The minimum Gasteiger partial charge on any atom is -0.300 e. The number of halogens is 2. The molecule has 0 fully saturated rings. The lowest BCUT2D eigenvalue weighted by molar-refractivity contribution is 0.429. The Morgan fingerprint density at radius 1 is 1.42 bits per heavy atom. The number of thioether (sulfide) groups is 1. The lowest BCUT2D eigenvalue weighted by Crippen LogP contribution is -2.42. The molecule has 0 amide bonds. The molecule has 0 aliphatic heterocycles. The second-order valence-corrected chi connectivity index (χ2v) is 7.01. The van der Waals surface area contributed by atoms with Crippen molar-refractivity contribution < 1.29 is 0 Å². The molecule has 5 heteroatoms. The SMILES string of the molecule is CCNC(C)(C#N)CC(C)Sc1ccc(Cl)c(Cl)c1. The van der Waals surface area contributed by atoms with Gasteiger partial charge in [0.2, 0.25) is 0 Å². The normalized spacial score (nSPS) is 15.6. The van der Waals surface area contributed by atoms with Crippen molar-refractivity contribution in [3.63, 3.8) is 0 Å². The van der Waals surface area contributed by atoms with Crippen LogP contribution in [-0.4, -0.2) is 17.3 Å². The second kappa shape index (κ2) is 7.40. The molecule has 2 unspecified atom stereocenters. The highest BCUT2D eigenvalue weighted by Gasteiger charge is 2.25. The van der Waals surface area contributed by atoms with Crippen LogP contribution in [0.3, 0.4) is 0 Å². The third-order valence-electron chi connectivity index (χ3n) is 2.74. The summed E-state index contributed by atoms with van der Waals surface area (Å²) in [4.78, 5) is 1.07. The van der Waals surface area contributed by atoms with Crippen LogP contribution in [0.2, 0.25) is 10.0 Å². The topological polar surface area (TPSA) is 35.8 Å². The summed E-state index contributed by atoms with van der Waals surface area (Å²) in [6.45, 7) is 6.84. The number of hydrogen-bond acceptors (Lipinski definition) is 3. The van der Waals surface area contributed by atoms with Crippen molar-refractivity contribution in [2.45, 2.75) is 42.9 Å². The van der Waals surface area contributed by atoms with Gasteiger partial charge in [0, 0.05) is 10.1 Å². The molecule has 0 saturated heterocycles. The predicted octanol–water partition coefficient (Wildman–Crippen LogP) is 4.76. The van der Waals surface area contributed by atoms with E-state index < -0.39 is 5.54 Å². The molecule has 19 heavy (non-hydrogen) atoms. The van der Waals surface area contributed by atoms with E-state index in [9.17, 15) is 5.26 Å². The zero-order chi connectivity index (χ0) is 14.5. The molecular formula is C14H18Cl2N2S. The predicted molar refractivity (Wildman–Crippen MR) is 84.1 cm³/mol. The first-order chi connectivity index (χ1) is 8.90. The third kappa shape index (κ3) is 5.24. The molecule has 2 nitrogen and oxygen atoms in total. The molecule has 0 aliphatic carbocycles. The summed E-state index contributed by atoms with van der Waals surface area (Å²) in [5, 5.41) is 13.9.